The minimum absolute atomic E-state index is 0. The van der Waals surface area contributed by atoms with Crippen LogP contribution >= 0.6 is 0 Å². The molecule has 0 heterocycles. The van der Waals surface area contributed by atoms with E-state index in [0.29, 0.717) is 0 Å². The van der Waals surface area contributed by atoms with Gasteiger partial charge in [0.2, 0.25) is 0 Å². The summed E-state index contributed by atoms with van der Waals surface area (Å²) >= 11 is 0. The van der Waals surface area contributed by atoms with Gasteiger partial charge in [0.25, 0.3) is 0 Å². The molecule has 0 saturated heterocycles. The third-order valence-corrected chi connectivity index (χ3v) is 3.72. The van der Waals surface area contributed by atoms with Gasteiger partial charge in [-0.25, -0.2) is 0 Å². The summed E-state index contributed by atoms with van der Waals surface area (Å²) in [5, 5.41) is 2.86. The summed E-state index contributed by atoms with van der Waals surface area (Å²) in [4.78, 5) is 0. The van der Waals surface area contributed by atoms with Gasteiger partial charge >= 0.3 is 37.7 Å². The Bertz CT molecular complexity index is 502. The Morgan fingerprint density at radius 2 is 1.47 bits per heavy atom. The summed E-state index contributed by atoms with van der Waals surface area (Å²) in [6.45, 7) is 4.55. The topological polar surface area (TPSA) is 0 Å². The van der Waals surface area contributed by atoms with Crippen LogP contribution in [0.15, 0.2) is 36.4 Å². The third kappa shape index (κ3) is 4.48. The Labute approximate surface area is 147 Å². The van der Waals surface area contributed by atoms with Crippen molar-refractivity contribution in [2.24, 2.45) is 0 Å². The molecule has 100 valence electrons. The summed E-state index contributed by atoms with van der Waals surface area (Å²) in [6, 6.07) is 13.5. The number of rotatable bonds is 6. The predicted molar refractivity (Wildman–Crippen MR) is 89.7 cm³/mol. The van der Waals surface area contributed by atoms with Gasteiger partial charge in [0, 0.05) is 0 Å². The molecule has 0 aliphatic carbocycles. The van der Waals surface area contributed by atoms with Crippen LogP contribution in [0.1, 0.15) is 50.7 Å². The summed E-state index contributed by atoms with van der Waals surface area (Å²) in [7, 11) is 0. The van der Waals surface area contributed by atoms with Crippen molar-refractivity contribution in [2.45, 2.75) is 52.4 Å². The van der Waals surface area contributed by atoms with Crippen LogP contribution in [0.2, 0.25) is 0 Å². The normalized spacial score (nSPS) is 10.4. The molecule has 0 radical (unpaired) electrons. The molecule has 0 N–H and O–H groups in total. The third-order valence-electron chi connectivity index (χ3n) is 3.72. The molecular weight excluding hydrogens is 256 g/mol. The zero-order valence-corrected chi connectivity index (χ0v) is 11.7. The molecular formula is C18H26Ca. The first-order chi connectivity index (χ1) is 8.86. The maximum atomic E-state index is 2.35. The zero-order chi connectivity index (χ0) is 12.8. The van der Waals surface area contributed by atoms with Crippen LogP contribution in [0.5, 0.6) is 0 Å². The van der Waals surface area contributed by atoms with E-state index in [9.17, 15) is 0 Å². The first-order valence-corrected chi connectivity index (χ1v) is 7.36. The van der Waals surface area contributed by atoms with Gasteiger partial charge in [-0.15, -0.1) is 0 Å². The Hall–Kier alpha value is -0.0403. The molecule has 0 aromatic heterocycles. The fourth-order valence-corrected chi connectivity index (χ4v) is 2.63. The molecule has 0 unspecified atom stereocenters. The van der Waals surface area contributed by atoms with Gasteiger partial charge in [0.05, 0.1) is 0 Å². The Balaban J connectivity index is 0.00000180. The summed E-state index contributed by atoms with van der Waals surface area (Å²) < 4.78 is 0. The average molecular weight is 282 g/mol. The second kappa shape index (κ2) is 9.00. The van der Waals surface area contributed by atoms with Crippen molar-refractivity contribution in [1.82, 2.24) is 0 Å². The van der Waals surface area contributed by atoms with E-state index < -0.39 is 0 Å². The molecule has 0 nitrogen and oxygen atoms in total. The van der Waals surface area contributed by atoms with Crippen LogP contribution in [0.4, 0.5) is 0 Å². The van der Waals surface area contributed by atoms with Crippen molar-refractivity contribution in [3.63, 3.8) is 0 Å². The van der Waals surface area contributed by atoms with E-state index in [0.717, 1.165) is 0 Å². The zero-order valence-electron chi connectivity index (χ0n) is 11.7. The van der Waals surface area contributed by atoms with Crippen LogP contribution in [-0.2, 0) is 12.8 Å². The fourth-order valence-electron chi connectivity index (χ4n) is 2.63. The molecule has 2 rings (SSSR count). The van der Waals surface area contributed by atoms with Gasteiger partial charge in [-0.1, -0.05) is 63.1 Å². The molecule has 1 heteroatoms. The van der Waals surface area contributed by atoms with Crippen molar-refractivity contribution in [1.29, 1.82) is 0 Å². The molecule has 0 aliphatic heterocycles. The number of hydrogen-bond acceptors (Lipinski definition) is 0. The van der Waals surface area contributed by atoms with Crippen LogP contribution in [0.3, 0.4) is 0 Å². The minimum atomic E-state index is 0. The van der Waals surface area contributed by atoms with Gasteiger partial charge in [-0.3, -0.25) is 0 Å². The van der Waals surface area contributed by atoms with E-state index in [-0.39, 0.29) is 37.7 Å². The number of unbranched alkanes of at least 4 members (excludes halogenated alkanes) is 2. The van der Waals surface area contributed by atoms with E-state index in [1.54, 1.807) is 11.1 Å². The molecule has 0 saturated carbocycles. The number of aryl methyl sites for hydroxylation is 2. The first-order valence-electron chi connectivity index (χ1n) is 7.36. The standard InChI is InChI=1S/C18H24.Ca.2H/c1-3-5-9-15-13-14-16-10-7-8-12-18(16)17(15)11-6-4-2;;;/h7-8,10,12-14H,3-6,9,11H2,1-2H3;;;. The van der Waals surface area contributed by atoms with Crippen LogP contribution in [-0.4, -0.2) is 37.7 Å². The molecule has 0 amide bonds. The van der Waals surface area contributed by atoms with Crippen LogP contribution < -0.4 is 0 Å². The molecule has 0 fully saturated rings. The van der Waals surface area contributed by atoms with Gasteiger partial charge < -0.3 is 0 Å². The molecule has 0 aliphatic rings. The van der Waals surface area contributed by atoms with Gasteiger partial charge in [-0.05, 0) is 47.6 Å². The summed E-state index contributed by atoms with van der Waals surface area (Å²) in [6.07, 6.45) is 7.62. The number of benzene rings is 2. The van der Waals surface area contributed by atoms with Gasteiger partial charge in [0.15, 0.2) is 0 Å². The van der Waals surface area contributed by atoms with Crippen molar-refractivity contribution >= 4 is 48.5 Å². The van der Waals surface area contributed by atoms with Crippen molar-refractivity contribution in [3.8, 4) is 0 Å². The Kier molecular flexibility index (Phi) is 8.06. The number of hydrogen-bond donors (Lipinski definition) is 0. The van der Waals surface area contributed by atoms with E-state index >= 15 is 0 Å². The molecule has 0 bridgehead atoms. The first kappa shape index (κ1) is 17.0. The second-order valence-electron chi connectivity index (χ2n) is 5.13. The SMILES string of the molecule is CCCCc1ccc2ccccc2c1CCCC.[CaH2]. The molecule has 0 atom stereocenters. The number of fused-ring (bicyclic) bond motifs is 1. The quantitative estimate of drug-likeness (QED) is 0.679. The van der Waals surface area contributed by atoms with Crippen molar-refractivity contribution < 1.29 is 0 Å². The Morgan fingerprint density at radius 1 is 0.789 bits per heavy atom. The second-order valence-corrected chi connectivity index (χ2v) is 5.13. The summed E-state index contributed by atoms with van der Waals surface area (Å²) in [5.41, 5.74) is 3.17. The van der Waals surface area contributed by atoms with E-state index in [2.05, 4.69) is 50.2 Å². The summed E-state index contributed by atoms with van der Waals surface area (Å²) in [5.74, 6) is 0. The van der Waals surface area contributed by atoms with Crippen LogP contribution in [0, 0.1) is 0 Å². The molecule has 0 spiro atoms. The van der Waals surface area contributed by atoms with Crippen molar-refractivity contribution in [2.75, 3.05) is 0 Å². The van der Waals surface area contributed by atoms with E-state index in [4.69, 9.17) is 0 Å². The van der Waals surface area contributed by atoms with Gasteiger partial charge in [-0.2, -0.15) is 0 Å². The van der Waals surface area contributed by atoms with E-state index in [1.165, 1.54) is 49.3 Å². The Morgan fingerprint density at radius 3 is 2.21 bits per heavy atom. The maximum absolute atomic E-state index is 2.35. The fraction of sp³-hybridized carbons (Fsp3) is 0.444. The van der Waals surface area contributed by atoms with Gasteiger partial charge in [0.1, 0.15) is 0 Å². The predicted octanol–water partition coefficient (Wildman–Crippen LogP) is 4.61. The molecule has 2 aromatic rings. The molecule has 19 heavy (non-hydrogen) atoms. The monoisotopic (exact) mass is 282 g/mol. The average Bonchev–Trinajstić information content (AvgIpc) is 2.43. The van der Waals surface area contributed by atoms with Crippen molar-refractivity contribution in [3.05, 3.63) is 47.5 Å². The van der Waals surface area contributed by atoms with Crippen LogP contribution in [0.25, 0.3) is 10.8 Å². The van der Waals surface area contributed by atoms with E-state index in [1.807, 2.05) is 0 Å². The molecule has 2 aromatic carbocycles.